The van der Waals surface area contributed by atoms with E-state index >= 15 is 0 Å². The summed E-state index contributed by atoms with van der Waals surface area (Å²) >= 11 is 0. The van der Waals surface area contributed by atoms with Gasteiger partial charge in [-0.1, -0.05) is 127 Å². The number of aliphatic imine (C=N–C) groups is 1. The molecule has 0 saturated heterocycles. The van der Waals surface area contributed by atoms with E-state index in [9.17, 15) is 0 Å². The molecule has 0 aliphatic carbocycles. The van der Waals surface area contributed by atoms with Gasteiger partial charge in [-0.25, -0.2) is 0 Å². The van der Waals surface area contributed by atoms with Crippen molar-refractivity contribution in [3.05, 3.63) is 175 Å². The van der Waals surface area contributed by atoms with E-state index in [-0.39, 0.29) is 6.04 Å². The molecule has 0 aromatic heterocycles. The van der Waals surface area contributed by atoms with Gasteiger partial charge in [0.1, 0.15) is 6.04 Å². The summed E-state index contributed by atoms with van der Waals surface area (Å²) in [5.74, 6) is 0. The van der Waals surface area contributed by atoms with Gasteiger partial charge in [0, 0.05) is 23.0 Å². The zero-order valence-corrected chi connectivity index (χ0v) is 24.1. The molecule has 0 fully saturated rings. The second-order valence-electron chi connectivity index (χ2n) is 10.7. The zero-order valence-electron chi connectivity index (χ0n) is 24.1. The SMILES string of the molecule is C/C=C\C=C/C=NC(c1ccccc1)c1ccc2ccc3c(N(c4ccccc4)c4ccccc4)ccc4ccc1c2c43. The van der Waals surface area contributed by atoms with Crippen molar-refractivity contribution in [2.45, 2.75) is 13.0 Å². The van der Waals surface area contributed by atoms with Crippen molar-refractivity contribution in [2.24, 2.45) is 4.99 Å². The summed E-state index contributed by atoms with van der Waals surface area (Å²) in [5, 5.41) is 7.52. The van der Waals surface area contributed by atoms with Gasteiger partial charge in [-0.15, -0.1) is 0 Å². The highest BCUT2D eigenvalue weighted by Crippen LogP contribution is 2.45. The predicted octanol–water partition coefficient (Wildman–Crippen LogP) is 11.3. The Morgan fingerprint density at radius 2 is 1.09 bits per heavy atom. The zero-order chi connectivity index (χ0) is 29.0. The van der Waals surface area contributed by atoms with Crippen LogP contribution in [0.4, 0.5) is 17.1 Å². The highest BCUT2D eigenvalue weighted by molar-refractivity contribution is 6.26. The maximum Gasteiger partial charge on any atom is 0.100 e. The number of allylic oxidation sites excluding steroid dienone is 4. The first-order valence-electron chi connectivity index (χ1n) is 14.8. The standard InChI is InChI=1S/C41H32N2/c1-2-3-4-14-29-42-41(32-15-8-5-9-16-32)36-26-22-30-23-27-37-38(28-24-31-21-25-35(36)39(30)40(31)37)43(33-17-10-6-11-18-33)34-19-12-7-13-20-34/h2-29,41H,1H3/b3-2-,14-4-,42-29?. The fraction of sp³-hybridized carbons (Fsp3) is 0.0488. The van der Waals surface area contributed by atoms with Crippen LogP contribution in [-0.2, 0) is 0 Å². The topological polar surface area (TPSA) is 15.6 Å². The smallest absolute Gasteiger partial charge is 0.100 e. The second-order valence-corrected chi connectivity index (χ2v) is 10.7. The van der Waals surface area contributed by atoms with Crippen LogP contribution in [0.1, 0.15) is 24.1 Å². The molecule has 0 spiro atoms. The van der Waals surface area contributed by atoms with Gasteiger partial charge < -0.3 is 4.90 Å². The summed E-state index contributed by atoms with van der Waals surface area (Å²) in [7, 11) is 0. The molecule has 2 heteroatoms. The average molecular weight is 553 g/mol. The highest BCUT2D eigenvalue weighted by Gasteiger charge is 2.21. The van der Waals surface area contributed by atoms with Crippen LogP contribution in [0, 0.1) is 0 Å². The summed E-state index contributed by atoms with van der Waals surface area (Å²) in [6.07, 6.45) is 9.98. The van der Waals surface area contributed by atoms with Gasteiger partial charge in [-0.3, -0.25) is 4.99 Å². The number of anilines is 3. The Morgan fingerprint density at radius 3 is 1.74 bits per heavy atom. The Bertz CT molecular complexity index is 2030. The first-order chi connectivity index (χ1) is 21.3. The molecule has 0 bridgehead atoms. The maximum atomic E-state index is 5.09. The van der Waals surface area contributed by atoms with Gasteiger partial charge in [0.2, 0.25) is 0 Å². The van der Waals surface area contributed by atoms with Crippen LogP contribution < -0.4 is 4.90 Å². The molecule has 0 radical (unpaired) electrons. The van der Waals surface area contributed by atoms with Crippen LogP contribution >= 0.6 is 0 Å². The van der Waals surface area contributed by atoms with Crippen molar-refractivity contribution >= 4 is 55.6 Å². The van der Waals surface area contributed by atoms with E-state index in [2.05, 4.69) is 144 Å². The molecular formula is C41H32N2. The Morgan fingerprint density at radius 1 is 0.535 bits per heavy atom. The van der Waals surface area contributed by atoms with Crippen molar-refractivity contribution in [3.63, 3.8) is 0 Å². The fourth-order valence-corrected chi connectivity index (χ4v) is 6.16. The van der Waals surface area contributed by atoms with Crippen molar-refractivity contribution in [1.29, 1.82) is 0 Å². The molecule has 7 rings (SSSR count). The van der Waals surface area contributed by atoms with Crippen molar-refractivity contribution in [1.82, 2.24) is 0 Å². The molecule has 7 aromatic carbocycles. The molecule has 206 valence electrons. The average Bonchev–Trinajstić information content (AvgIpc) is 3.07. The van der Waals surface area contributed by atoms with Crippen molar-refractivity contribution < 1.29 is 0 Å². The summed E-state index contributed by atoms with van der Waals surface area (Å²) in [6.45, 7) is 2.02. The van der Waals surface area contributed by atoms with Crippen LogP contribution in [0.15, 0.2) is 169 Å². The largest absolute Gasteiger partial charge is 0.310 e. The van der Waals surface area contributed by atoms with E-state index in [4.69, 9.17) is 4.99 Å². The monoisotopic (exact) mass is 552 g/mol. The van der Waals surface area contributed by atoms with Gasteiger partial charge in [0.05, 0.1) is 5.69 Å². The van der Waals surface area contributed by atoms with Gasteiger partial charge in [0.15, 0.2) is 0 Å². The van der Waals surface area contributed by atoms with Crippen LogP contribution in [0.2, 0.25) is 0 Å². The third-order valence-corrected chi connectivity index (χ3v) is 8.09. The second kappa shape index (κ2) is 11.8. The van der Waals surface area contributed by atoms with E-state index in [0.717, 1.165) is 17.1 Å². The van der Waals surface area contributed by atoms with Crippen molar-refractivity contribution in [2.75, 3.05) is 4.90 Å². The Kier molecular flexibility index (Phi) is 7.25. The molecular weight excluding hydrogens is 520 g/mol. The third-order valence-electron chi connectivity index (χ3n) is 8.09. The summed E-state index contributed by atoms with van der Waals surface area (Å²) in [6, 6.07) is 49.9. The molecule has 0 amide bonds. The van der Waals surface area contributed by atoms with Gasteiger partial charge in [-0.2, -0.15) is 0 Å². The molecule has 1 unspecified atom stereocenters. The number of para-hydroxylation sites is 2. The van der Waals surface area contributed by atoms with Crippen LogP contribution in [0.3, 0.4) is 0 Å². The first kappa shape index (κ1) is 26.4. The van der Waals surface area contributed by atoms with E-state index in [1.807, 2.05) is 37.4 Å². The van der Waals surface area contributed by atoms with Gasteiger partial charge >= 0.3 is 0 Å². The number of hydrogen-bond donors (Lipinski definition) is 0. The minimum Gasteiger partial charge on any atom is -0.310 e. The number of benzene rings is 7. The predicted molar refractivity (Wildman–Crippen MR) is 186 cm³/mol. The van der Waals surface area contributed by atoms with E-state index < -0.39 is 0 Å². The number of rotatable bonds is 8. The third kappa shape index (κ3) is 4.98. The lowest BCUT2D eigenvalue weighted by molar-refractivity contribution is 0.889. The molecule has 0 N–H and O–H groups in total. The number of nitrogens with zero attached hydrogens (tertiary/aromatic N) is 2. The van der Waals surface area contributed by atoms with E-state index in [1.54, 1.807) is 0 Å². The summed E-state index contributed by atoms with van der Waals surface area (Å²) in [5.41, 5.74) is 5.81. The molecule has 7 aromatic rings. The molecule has 0 heterocycles. The molecule has 0 aliphatic heterocycles. The first-order valence-corrected chi connectivity index (χ1v) is 14.8. The summed E-state index contributed by atoms with van der Waals surface area (Å²) in [4.78, 5) is 7.45. The fourth-order valence-electron chi connectivity index (χ4n) is 6.16. The Labute approximate surface area is 252 Å². The molecule has 2 nitrogen and oxygen atoms in total. The molecule has 0 aliphatic rings. The lowest BCUT2D eigenvalue weighted by Crippen LogP contribution is -2.10. The van der Waals surface area contributed by atoms with Gasteiger partial charge in [0.25, 0.3) is 0 Å². The molecule has 43 heavy (non-hydrogen) atoms. The van der Waals surface area contributed by atoms with Crippen LogP contribution in [0.25, 0.3) is 32.3 Å². The number of hydrogen-bond acceptors (Lipinski definition) is 2. The molecule has 1 atom stereocenters. The van der Waals surface area contributed by atoms with Crippen LogP contribution in [-0.4, -0.2) is 6.21 Å². The highest BCUT2D eigenvalue weighted by atomic mass is 15.1. The van der Waals surface area contributed by atoms with E-state index in [1.165, 1.54) is 43.4 Å². The quantitative estimate of drug-likeness (QED) is 0.104. The lowest BCUT2D eigenvalue weighted by atomic mass is 9.87. The maximum absolute atomic E-state index is 5.09. The van der Waals surface area contributed by atoms with E-state index in [0.29, 0.717) is 0 Å². The Balaban J connectivity index is 1.47. The minimum atomic E-state index is -0.120. The van der Waals surface area contributed by atoms with Crippen molar-refractivity contribution in [3.8, 4) is 0 Å². The lowest BCUT2D eigenvalue weighted by Gasteiger charge is -2.28. The van der Waals surface area contributed by atoms with Crippen LogP contribution in [0.5, 0.6) is 0 Å². The minimum absolute atomic E-state index is 0.120. The van der Waals surface area contributed by atoms with Gasteiger partial charge in [-0.05, 0) is 81.4 Å². The summed E-state index contributed by atoms with van der Waals surface area (Å²) < 4.78 is 0. The molecule has 0 saturated carbocycles. The Hall–Kier alpha value is -5.47. The normalized spacial score (nSPS) is 12.9.